The molecule has 0 saturated heterocycles. The normalized spacial score (nSPS) is 12.0. The summed E-state index contributed by atoms with van der Waals surface area (Å²) in [6.07, 6.45) is 12.2. The number of ether oxygens (including phenoxy) is 1. The van der Waals surface area contributed by atoms with Crippen LogP contribution in [0, 0.1) is 5.92 Å². The molecule has 2 rings (SSSR count). The van der Waals surface area contributed by atoms with E-state index < -0.39 is 11.9 Å². The SMILES string of the molecule is CCCCCCOc1ccccc1/C=C/C(CCCCC(=O)O)Cc1ccc(C(=O)O)cc1. The van der Waals surface area contributed by atoms with Crippen LogP contribution in [0.4, 0.5) is 0 Å². The predicted molar refractivity (Wildman–Crippen MR) is 132 cm³/mol. The van der Waals surface area contributed by atoms with Gasteiger partial charge < -0.3 is 14.9 Å². The molecule has 1 atom stereocenters. The summed E-state index contributed by atoms with van der Waals surface area (Å²) in [7, 11) is 0. The van der Waals surface area contributed by atoms with Crippen molar-refractivity contribution in [3.8, 4) is 5.75 Å². The van der Waals surface area contributed by atoms with Gasteiger partial charge in [0.15, 0.2) is 0 Å². The molecule has 2 N–H and O–H groups in total. The lowest BCUT2D eigenvalue weighted by Gasteiger charge is -2.14. The second-order valence-electron chi connectivity index (χ2n) is 8.41. The average Bonchev–Trinajstić information content (AvgIpc) is 2.80. The van der Waals surface area contributed by atoms with Crippen LogP contribution in [0.3, 0.4) is 0 Å². The van der Waals surface area contributed by atoms with Crippen LogP contribution in [0.25, 0.3) is 6.08 Å². The second kappa shape index (κ2) is 14.9. The first-order valence-corrected chi connectivity index (χ1v) is 11.9. The smallest absolute Gasteiger partial charge is 0.335 e. The monoisotopic (exact) mass is 452 g/mol. The Bertz CT molecular complexity index is 885. The molecule has 0 aliphatic rings. The highest BCUT2D eigenvalue weighted by atomic mass is 16.5. The van der Waals surface area contributed by atoms with Crippen molar-refractivity contribution >= 4 is 18.0 Å². The Morgan fingerprint density at radius 3 is 2.39 bits per heavy atom. The van der Waals surface area contributed by atoms with Crippen LogP contribution < -0.4 is 4.74 Å². The van der Waals surface area contributed by atoms with E-state index in [1.54, 1.807) is 12.1 Å². The maximum absolute atomic E-state index is 11.1. The van der Waals surface area contributed by atoms with E-state index in [0.29, 0.717) is 13.0 Å². The minimum absolute atomic E-state index is 0.179. The first-order chi connectivity index (χ1) is 16.0. The van der Waals surface area contributed by atoms with Crippen LogP contribution >= 0.6 is 0 Å². The lowest BCUT2D eigenvalue weighted by atomic mass is 9.92. The first kappa shape index (κ1) is 26.2. The molecule has 5 heteroatoms. The van der Waals surface area contributed by atoms with Gasteiger partial charge in [0.2, 0.25) is 0 Å². The lowest BCUT2D eigenvalue weighted by Crippen LogP contribution is -2.04. The molecule has 0 spiro atoms. The molecule has 0 amide bonds. The molecule has 0 saturated carbocycles. The summed E-state index contributed by atoms with van der Waals surface area (Å²) in [5.74, 6) is -0.609. The third-order valence-electron chi connectivity index (χ3n) is 5.64. The summed E-state index contributed by atoms with van der Waals surface area (Å²) in [6, 6.07) is 15.0. The van der Waals surface area contributed by atoms with Gasteiger partial charge in [-0.05, 0) is 55.4 Å². The fourth-order valence-electron chi connectivity index (χ4n) is 3.74. The summed E-state index contributed by atoms with van der Waals surface area (Å²) in [5, 5.41) is 18.0. The Balaban J connectivity index is 2.06. The number of carboxylic acid groups (broad SMARTS) is 2. The van der Waals surface area contributed by atoms with Gasteiger partial charge in [0.25, 0.3) is 0 Å². The molecule has 33 heavy (non-hydrogen) atoms. The fourth-order valence-corrected chi connectivity index (χ4v) is 3.74. The van der Waals surface area contributed by atoms with Crippen molar-refractivity contribution < 1.29 is 24.5 Å². The highest BCUT2D eigenvalue weighted by molar-refractivity contribution is 5.87. The van der Waals surface area contributed by atoms with Crippen LogP contribution in [-0.2, 0) is 11.2 Å². The molecule has 5 nitrogen and oxygen atoms in total. The number of carbonyl (C=O) groups is 2. The van der Waals surface area contributed by atoms with E-state index in [2.05, 4.69) is 19.1 Å². The van der Waals surface area contributed by atoms with E-state index in [4.69, 9.17) is 14.9 Å². The highest BCUT2D eigenvalue weighted by Gasteiger charge is 2.10. The maximum atomic E-state index is 11.1. The van der Waals surface area contributed by atoms with E-state index in [-0.39, 0.29) is 17.9 Å². The Kier molecular flexibility index (Phi) is 11.8. The molecule has 0 heterocycles. The van der Waals surface area contributed by atoms with Crippen molar-refractivity contribution in [2.75, 3.05) is 6.61 Å². The first-order valence-electron chi connectivity index (χ1n) is 11.9. The number of rotatable bonds is 16. The number of hydrogen-bond donors (Lipinski definition) is 2. The lowest BCUT2D eigenvalue weighted by molar-refractivity contribution is -0.137. The van der Waals surface area contributed by atoms with Gasteiger partial charge in [-0.2, -0.15) is 0 Å². The molecule has 2 aromatic rings. The van der Waals surface area contributed by atoms with Crippen molar-refractivity contribution in [1.29, 1.82) is 0 Å². The molecule has 0 fully saturated rings. The summed E-state index contributed by atoms with van der Waals surface area (Å²) >= 11 is 0. The predicted octanol–water partition coefficient (Wildman–Crippen LogP) is 6.86. The number of allylic oxidation sites excluding steroid dienone is 1. The largest absolute Gasteiger partial charge is 0.493 e. The molecule has 2 aromatic carbocycles. The molecule has 0 aliphatic heterocycles. The zero-order valence-electron chi connectivity index (χ0n) is 19.5. The quantitative estimate of drug-likeness (QED) is 0.272. The minimum atomic E-state index is -0.932. The van der Waals surface area contributed by atoms with Crippen molar-refractivity contribution in [3.63, 3.8) is 0 Å². The van der Waals surface area contributed by atoms with Gasteiger partial charge in [-0.25, -0.2) is 4.79 Å². The molecule has 178 valence electrons. The standard InChI is InChI=1S/C28H36O5/c1-2-3-4-9-20-33-26-12-7-6-11-24(26)17-14-22(10-5-8-13-27(29)30)21-23-15-18-25(19-16-23)28(31)32/h6-7,11-12,14-19,22H,2-5,8-10,13,20-21H2,1H3,(H,29,30)(H,31,32)/b17-14+. The minimum Gasteiger partial charge on any atom is -0.493 e. The Morgan fingerprint density at radius 2 is 1.70 bits per heavy atom. The van der Waals surface area contributed by atoms with Gasteiger partial charge in [0.1, 0.15) is 5.75 Å². The molecular formula is C28H36O5. The molecule has 0 bridgehead atoms. The average molecular weight is 453 g/mol. The van der Waals surface area contributed by atoms with Crippen LogP contribution in [-0.4, -0.2) is 28.8 Å². The van der Waals surface area contributed by atoms with Gasteiger partial charge >= 0.3 is 11.9 Å². The van der Waals surface area contributed by atoms with Crippen molar-refractivity contribution in [2.24, 2.45) is 5.92 Å². The molecule has 0 aromatic heterocycles. The van der Waals surface area contributed by atoms with Crippen LogP contribution in [0.2, 0.25) is 0 Å². The zero-order chi connectivity index (χ0) is 23.9. The van der Waals surface area contributed by atoms with Gasteiger partial charge in [0.05, 0.1) is 12.2 Å². The number of benzene rings is 2. The number of aromatic carboxylic acids is 1. The maximum Gasteiger partial charge on any atom is 0.335 e. The molecule has 1 unspecified atom stereocenters. The third kappa shape index (κ3) is 10.4. The van der Waals surface area contributed by atoms with Crippen LogP contribution in [0.5, 0.6) is 5.75 Å². The second-order valence-corrected chi connectivity index (χ2v) is 8.41. The summed E-state index contributed by atoms with van der Waals surface area (Å²) in [6.45, 7) is 2.90. The van der Waals surface area contributed by atoms with E-state index in [9.17, 15) is 9.59 Å². The van der Waals surface area contributed by atoms with Crippen molar-refractivity contribution in [3.05, 3.63) is 71.3 Å². The van der Waals surface area contributed by atoms with Gasteiger partial charge in [-0.3, -0.25) is 4.79 Å². The van der Waals surface area contributed by atoms with E-state index in [1.807, 2.05) is 36.4 Å². The van der Waals surface area contributed by atoms with Gasteiger partial charge in [-0.1, -0.05) is 75.1 Å². The summed E-state index contributed by atoms with van der Waals surface area (Å²) in [5.41, 5.74) is 2.37. The van der Waals surface area contributed by atoms with E-state index in [0.717, 1.165) is 42.6 Å². The fraction of sp³-hybridized carbons (Fsp3) is 0.429. The van der Waals surface area contributed by atoms with Gasteiger partial charge in [0, 0.05) is 12.0 Å². The Labute approximate surface area is 197 Å². The van der Waals surface area contributed by atoms with Gasteiger partial charge in [-0.15, -0.1) is 0 Å². The third-order valence-corrected chi connectivity index (χ3v) is 5.64. The summed E-state index contributed by atoms with van der Waals surface area (Å²) in [4.78, 5) is 21.9. The van der Waals surface area contributed by atoms with Crippen molar-refractivity contribution in [1.82, 2.24) is 0 Å². The van der Waals surface area contributed by atoms with E-state index >= 15 is 0 Å². The van der Waals surface area contributed by atoms with E-state index in [1.165, 1.54) is 19.3 Å². The number of unbranched alkanes of at least 4 members (excludes halogenated alkanes) is 4. The number of hydrogen-bond acceptors (Lipinski definition) is 3. The molecule has 0 radical (unpaired) electrons. The number of aliphatic carboxylic acids is 1. The molecular weight excluding hydrogens is 416 g/mol. The van der Waals surface area contributed by atoms with Crippen LogP contribution in [0.1, 0.15) is 79.8 Å². The van der Waals surface area contributed by atoms with Crippen molar-refractivity contribution in [2.45, 2.75) is 64.7 Å². The summed E-state index contributed by atoms with van der Waals surface area (Å²) < 4.78 is 6.02. The zero-order valence-corrected chi connectivity index (χ0v) is 19.5. The Hall–Kier alpha value is -3.08. The number of carboxylic acids is 2. The topological polar surface area (TPSA) is 83.8 Å². The number of para-hydroxylation sites is 1. The molecule has 0 aliphatic carbocycles. The highest BCUT2D eigenvalue weighted by Crippen LogP contribution is 2.24. The Morgan fingerprint density at radius 1 is 0.939 bits per heavy atom. The van der Waals surface area contributed by atoms with Crippen LogP contribution in [0.15, 0.2) is 54.6 Å².